The first-order valence-corrected chi connectivity index (χ1v) is 5.06. The van der Waals surface area contributed by atoms with Crippen LogP contribution >= 0.6 is 0 Å². The number of hydrogen-bond acceptors (Lipinski definition) is 2. The first-order chi connectivity index (χ1) is 7.31. The molecule has 0 bridgehead atoms. The van der Waals surface area contributed by atoms with Crippen molar-refractivity contribution in [3.63, 3.8) is 0 Å². The fourth-order valence-corrected chi connectivity index (χ4v) is 1.48. The monoisotopic (exact) mass is 203 g/mol. The zero-order valence-corrected chi connectivity index (χ0v) is 8.62. The van der Waals surface area contributed by atoms with Crippen LogP contribution in [0.15, 0.2) is 35.1 Å². The van der Waals surface area contributed by atoms with Gasteiger partial charge in [-0.3, -0.25) is 9.78 Å². The topological polar surface area (TPSA) is 42.1 Å². The molecule has 0 fully saturated rings. The molecule has 2 rings (SSSR count). The van der Waals surface area contributed by atoms with Crippen LogP contribution in [0.3, 0.4) is 0 Å². The van der Waals surface area contributed by atoms with Crippen LogP contribution in [0.4, 0.5) is 0 Å². The van der Waals surface area contributed by atoms with Crippen LogP contribution < -0.4 is 10.3 Å². The molecule has 0 radical (unpaired) electrons. The highest BCUT2D eigenvalue weighted by Gasteiger charge is 2.00. The molecule has 0 saturated heterocycles. The highest BCUT2D eigenvalue weighted by molar-refractivity contribution is 5.82. The zero-order chi connectivity index (χ0) is 10.7. The Morgan fingerprint density at radius 2 is 2.13 bits per heavy atom. The summed E-state index contributed by atoms with van der Waals surface area (Å²) in [7, 11) is 0. The maximum Gasteiger partial charge on any atom is 0.258 e. The van der Waals surface area contributed by atoms with E-state index in [1.807, 2.05) is 31.2 Å². The molecule has 0 aliphatic heterocycles. The van der Waals surface area contributed by atoms with Crippen molar-refractivity contribution in [3.05, 3.63) is 40.7 Å². The first-order valence-electron chi connectivity index (χ1n) is 5.06. The van der Waals surface area contributed by atoms with E-state index in [0.29, 0.717) is 17.9 Å². The summed E-state index contributed by atoms with van der Waals surface area (Å²) in [4.78, 5) is 14.3. The molecule has 78 valence electrons. The van der Waals surface area contributed by atoms with Crippen molar-refractivity contribution in [1.29, 1.82) is 0 Å². The van der Waals surface area contributed by atoms with Crippen LogP contribution in [0.1, 0.15) is 13.3 Å². The van der Waals surface area contributed by atoms with Crippen LogP contribution in [0.2, 0.25) is 0 Å². The highest BCUT2D eigenvalue weighted by Crippen LogP contribution is 2.14. The van der Waals surface area contributed by atoms with E-state index in [-0.39, 0.29) is 5.56 Å². The lowest BCUT2D eigenvalue weighted by molar-refractivity contribution is 0.305. The van der Waals surface area contributed by atoms with Gasteiger partial charge in [0.1, 0.15) is 0 Å². The summed E-state index contributed by atoms with van der Waals surface area (Å²) in [6.07, 6.45) is 0.925. The molecule has 0 amide bonds. The van der Waals surface area contributed by atoms with Crippen molar-refractivity contribution >= 4 is 10.8 Å². The van der Waals surface area contributed by atoms with Gasteiger partial charge in [-0.2, -0.15) is 0 Å². The zero-order valence-electron chi connectivity index (χ0n) is 8.62. The number of benzene rings is 1. The van der Waals surface area contributed by atoms with Gasteiger partial charge in [-0.05, 0) is 17.9 Å². The second kappa shape index (κ2) is 4.17. The maximum atomic E-state index is 11.6. The van der Waals surface area contributed by atoms with Crippen molar-refractivity contribution in [1.82, 2.24) is 4.98 Å². The number of H-pyrrole nitrogens is 1. The minimum Gasteiger partial charge on any atom is -0.479 e. The predicted octanol–water partition coefficient (Wildman–Crippen LogP) is 2.32. The molecular formula is C12H13NO2. The summed E-state index contributed by atoms with van der Waals surface area (Å²) in [5.41, 5.74) is -0.0980. The quantitative estimate of drug-likeness (QED) is 0.831. The standard InChI is InChI=1S/C12H13NO2/c1-2-7-15-11-8-9-5-3-4-6-10(9)12(14)13-11/h3-6,8H,2,7H2,1H3,(H,13,14). The molecular weight excluding hydrogens is 190 g/mol. The summed E-state index contributed by atoms with van der Waals surface area (Å²) in [5, 5.41) is 1.61. The van der Waals surface area contributed by atoms with E-state index >= 15 is 0 Å². The fourth-order valence-electron chi connectivity index (χ4n) is 1.48. The Hall–Kier alpha value is -1.77. The van der Waals surface area contributed by atoms with Crippen LogP contribution in [-0.2, 0) is 0 Å². The summed E-state index contributed by atoms with van der Waals surface area (Å²) in [5.74, 6) is 0.542. The molecule has 1 N–H and O–H groups in total. The third kappa shape index (κ3) is 2.01. The smallest absolute Gasteiger partial charge is 0.258 e. The molecule has 0 unspecified atom stereocenters. The summed E-state index contributed by atoms with van der Waals surface area (Å²) < 4.78 is 5.39. The summed E-state index contributed by atoms with van der Waals surface area (Å²) in [6, 6.07) is 9.32. The van der Waals surface area contributed by atoms with Gasteiger partial charge in [-0.25, -0.2) is 0 Å². The molecule has 15 heavy (non-hydrogen) atoms. The minimum absolute atomic E-state index is 0.0980. The second-order valence-corrected chi connectivity index (χ2v) is 3.40. The maximum absolute atomic E-state index is 11.6. The third-order valence-electron chi connectivity index (χ3n) is 2.19. The Kier molecular flexibility index (Phi) is 2.72. The van der Waals surface area contributed by atoms with E-state index in [1.54, 1.807) is 6.07 Å². The molecule has 0 spiro atoms. The highest BCUT2D eigenvalue weighted by atomic mass is 16.5. The lowest BCUT2D eigenvalue weighted by Gasteiger charge is -2.04. The Bertz CT molecular complexity index is 516. The lowest BCUT2D eigenvalue weighted by atomic mass is 10.2. The molecule has 1 heterocycles. The SMILES string of the molecule is CCCOc1cc2ccccc2c(=O)[nH]1. The van der Waals surface area contributed by atoms with Crippen molar-refractivity contribution in [3.8, 4) is 5.88 Å². The van der Waals surface area contributed by atoms with Crippen molar-refractivity contribution in [2.45, 2.75) is 13.3 Å². The number of rotatable bonds is 3. The van der Waals surface area contributed by atoms with E-state index in [2.05, 4.69) is 4.98 Å². The molecule has 3 heteroatoms. The minimum atomic E-state index is -0.0980. The van der Waals surface area contributed by atoms with Crippen LogP contribution in [0.25, 0.3) is 10.8 Å². The Balaban J connectivity index is 2.48. The van der Waals surface area contributed by atoms with E-state index in [1.165, 1.54) is 0 Å². The molecule has 1 aromatic carbocycles. The molecule has 0 atom stereocenters. The summed E-state index contributed by atoms with van der Waals surface area (Å²) >= 11 is 0. The Morgan fingerprint density at radius 1 is 1.33 bits per heavy atom. The number of pyridine rings is 1. The predicted molar refractivity (Wildman–Crippen MR) is 60.4 cm³/mol. The van der Waals surface area contributed by atoms with E-state index in [0.717, 1.165) is 11.8 Å². The lowest BCUT2D eigenvalue weighted by Crippen LogP contribution is -2.08. The van der Waals surface area contributed by atoms with Gasteiger partial charge < -0.3 is 4.74 Å². The van der Waals surface area contributed by atoms with E-state index in [9.17, 15) is 4.79 Å². The summed E-state index contributed by atoms with van der Waals surface area (Å²) in [6.45, 7) is 2.65. The van der Waals surface area contributed by atoms with Crippen molar-refractivity contribution in [2.75, 3.05) is 6.61 Å². The van der Waals surface area contributed by atoms with Crippen molar-refractivity contribution in [2.24, 2.45) is 0 Å². The largest absolute Gasteiger partial charge is 0.479 e. The van der Waals surface area contributed by atoms with Gasteiger partial charge in [0.25, 0.3) is 5.56 Å². The third-order valence-corrected chi connectivity index (χ3v) is 2.19. The van der Waals surface area contributed by atoms with Crippen molar-refractivity contribution < 1.29 is 4.74 Å². The molecule has 0 aliphatic rings. The molecule has 0 aliphatic carbocycles. The van der Waals surface area contributed by atoms with Gasteiger partial charge in [-0.15, -0.1) is 0 Å². The van der Waals surface area contributed by atoms with Crippen LogP contribution in [0.5, 0.6) is 5.88 Å². The number of nitrogens with one attached hydrogen (secondary N) is 1. The van der Waals surface area contributed by atoms with Gasteiger partial charge in [-0.1, -0.05) is 25.1 Å². The van der Waals surface area contributed by atoms with Crippen LogP contribution in [0, 0.1) is 0 Å². The van der Waals surface area contributed by atoms with E-state index < -0.39 is 0 Å². The van der Waals surface area contributed by atoms with Gasteiger partial charge in [0.15, 0.2) is 5.88 Å². The normalized spacial score (nSPS) is 10.5. The van der Waals surface area contributed by atoms with Gasteiger partial charge in [0.05, 0.1) is 6.61 Å². The molecule has 3 nitrogen and oxygen atoms in total. The average molecular weight is 203 g/mol. The number of hydrogen-bond donors (Lipinski definition) is 1. The Morgan fingerprint density at radius 3 is 2.93 bits per heavy atom. The second-order valence-electron chi connectivity index (χ2n) is 3.40. The number of fused-ring (bicyclic) bond motifs is 1. The first kappa shape index (κ1) is 9.77. The number of aromatic nitrogens is 1. The molecule has 2 aromatic rings. The average Bonchev–Trinajstić information content (AvgIpc) is 2.26. The van der Waals surface area contributed by atoms with Gasteiger partial charge in [0.2, 0.25) is 0 Å². The van der Waals surface area contributed by atoms with E-state index in [4.69, 9.17) is 4.74 Å². The number of ether oxygens (including phenoxy) is 1. The van der Waals surface area contributed by atoms with Gasteiger partial charge >= 0.3 is 0 Å². The fraction of sp³-hybridized carbons (Fsp3) is 0.250. The number of aromatic amines is 1. The molecule has 1 aromatic heterocycles. The van der Waals surface area contributed by atoms with Crippen LogP contribution in [-0.4, -0.2) is 11.6 Å². The van der Waals surface area contributed by atoms with Gasteiger partial charge in [0, 0.05) is 11.5 Å². The Labute approximate surface area is 87.7 Å². The molecule has 0 saturated carbocycles.